The number of hydrogen-bond acceptors (Lipinski definition) is 3. The Morgan fingerprint density at radius 2 is 2.16 bits per heavy atom. The van der Waals surface area contributed by atoms with Crippen LogP contribution in [-0.4, -0.2) is 27.5 Å². The van der Waals surface area contributed by atoms with Crippen LogP contribution in [0.1, 0.15) is 40.5 Å². The lowest BCUT2D eigenvalue weighted by Gasteiger charge is -2.23. The number of carbonyl (C=O) groups excluding carboxylic acids is 1. The fraction of sp³-hybridized carbons (Fsp3) is 0.714. The van der Waals surface area contributed by atoms with E-state index in [1.165, 1.54) is 0 Å². The van der Waals surface area contributed by atoms with Gasteiger partial charge in [0.2, 0.25) is 5.91 Å². The Balaban J connectivity index is 2.30. The van der Waals surface area contributed by atoms with E-state index in [-0.39, 0.29) is 23.4 Å². The molecule has 0 radical (unpaired) electrons. The van der Waals surface area contributed by atoms with Crippen molar-refractivity contribution in [1.82, 2.24) is 14.9 Å². The largest absolute Gasteiger partial charge is 0.352 e. The van der Waals surface area contributed by atoms with Crippen molar-refractivity contribution < 1.29 is 4.79 Å². The van der Waals surface area contributed by atoms with E-state index in [0.29, 0.717) is 6.42 Å². The molecule has 1 aromatic rings. The highest BCUT2D eigenvalue weighted by Crippen LogP contribution is 2.20. The van der Waals surface area contributed by atoms with Crippen molar-refractivity contribution in [3.05, 3.63) is 18.7 Å². The molecule has 2 unspecified atom stereocenters. The monoisotopic (exact) mass is 266 g/mol. The van der Waals surface area contributed by atoms with Crippen molar-refractivity contribution in [1.29, 1.82) is 0 Å². The minimum Gasteiger partial charge on any atom is -0.352 e. The number of nitrogens with one attached hydrogen (secondary N) is 1. The Morgan fingerprint density at radius 1 is 1.47 bits per heavy atom. The van der Waals surface area contributed by atoms with E-state index < -0.39 is 0 Å². The smallest absolute Gasteiger partial charge is 0.221 e. The molecule has 1 heterocycles. The van der Waals surface area contributed by atoms with Crippen LogP contribution in [0.2, 0.25) is 0 Å². The zero-order chi connectivity index (χ0) is 14.5. The van der Waals surface area contributed by atoms with Crippen LogP contribution in [-0.2, 0) is 11.3 Å². The number of amides is 1. The maximum Gasteiger partial charge on any atom is 0.221 e. The molecule has 0 saturated carbocycles. The summed E-state index contributed by atoms with van der Waals surface area (Å²) in [6.07, 6.45) is 6.58. The average Bonchev–Trinajstić information content (AvgIpc) is 2.65. The van der Waals surface area contributed by atoms with Gasteiger partial charge in [-0.1, -0.05) is 20.8 Å². The van der Waals surface area contributed by atoms with Crippen LogP contribution in [0.25, 0.3) is 0 Å². The first kappa shape index (κ1) is 15.7. The van der Waals surface area contributed by atoms with Crippen molar-refractivity contribution in [3.63, 3.8) is 0 Å². The second kappa shape index (κ2) is 6.70. The minimum atomic E-state index is -0.0829. The summed E-state index contributed by atoms with van der Waals surface area (Å²) >= 11 is 0. The summed E-state index contributed by atoms with van der Waals surface area (Å²) in [5.41, 5.74) is 6.15. The van der Waals surface area contributed by atoms with Gasteiger partial charge in [-0.15, -0.1) is 0 Å². The van der Waals surface area contributed by atoms with Gasteiger partial charge in [-0.3, -0.25) is 4.79 Å². The average molecular weight is 266 g/mol. The summed E-state index contributed by atoms with van der Waals surface area (Å²) in [5, 5.41) is 2.97. The Bertz CT molecular complexity index is 381. The predicted octanol–water partition coefficient (Wildman–Crippen LogP) is 1.54. The molecule has 5 heteroatoms. The van der Waals surface area contributed by atoms with Gasteiger partial charge in [0, 0.05) is 37.4 Å². The molecule has 1 rings (SSSR count). The van der Waals surface area contributed by atoms with Gasteiger partial charge in [-0.2, -0.15) is 0 Å². The standard InChI is InChI=1S/C14H26N4O/c1-11(9-18-6-5-16-10-18)17-13(19)7-12(15)8-14(2,3)4/h5-6,10-12H,7-9,15H2,1-4H3,(H,17,19). The molecule has 0 aromatic carbocycles. The maximum atomic E-state index is 11.9. The summed E-state index contributed by atoms with van der Waals surface area (Å²) in [4.78, 5) is 15.8. The molecule has 3 N–H and O–H groups in total. The molecule has 2 atom stereocenters. The van der Waals surface area contributed by atoms with Crippen LogP contribution in [0.3, 0.4) is 0 Å². The first-order chi connectivity index (χ1) is 8.76. The third-order valence-corrected chi connectivity index (χ3v) is 2.77. The highest BCUT2D eigenvalue weighted by atomic mass is 16.1. The summed E-state index contributed by atoms with van der Waals surface area (Å²) in [5.74, 6) is 0.0179. The molecule has 0 aliphatic carbocycles. The van der Waals surface area contributed by atoms with Crippen LogP contribution >= 0.6 is 0 Å². The van der Waals surface area contributed by atoms with Crippen molar-refractivity contribution in [2.75, 3.05) is 0 Å². The topological polar surface area (TPSA) is 72.9 Å². The zero-order valence-corrected chi connectivity index (χ0v) is 12.4. The van der Waals surface area contributed by atoms with Gasteiger partial charge >= 0.3 is 0 Å². The normalized spacial score (nSPS) is 15.0. The fourth-order valence-corrected chi connectivity index (χ4v) is 2.19. The van der Waals surface area contributed by atoms with Gasteiger partial charge in [-0.05, 0) is 18.8 Å². The molecule has 5 nitrogen and oxygen atoms in total. The molecular formula is C14H26N4O. The van der Waals surface area contributed by atoms with E-state index >= 15 is 0 Å². The van der Waals surface area contributed by atoms with Gasteiger partial charge in [0.1, 0.15) is 0 Å². The van der Waals surface area contributed by atoms with E-state index in [1.54, 1.807) is 12.5 Å². The van der Waals surface area contributed by atoms with E-state index in [2.05, 4.69) is 31.1 Å². The maximum absolute atomic E-state index is 11.9. The van der Waals surface area contributed by atoms with Crippen molar-refractivity contribution in [3.8, 4) is 0 Å². The Labute approximate surface area is 115 Å². The second-order valence-corrected chi connectivity index (χ2v) is 6.46. The van der Waals surface area contributed by atoms with Gasteiger partial charge in [0.05, 0.1) is 6.33 Å². The molecule has 0 spiro atoms. The highest BCUT2D eigenvalue weighted by Gasteiger charge is 2.18. The summed E-state index contributed by atoms with van der Waals surface area (Å²) in [6, 6.07) is -0.0102. The molecule has 1 aromatic heterocycles. The Morgan fingerprint density at radius 3 is 2.68 bits per heavy atom. The fourth-order valence-electron chi connectivity index (χ4n) is 2.19. The third-order valence-electron chi connectivity index (χ3n) is 2.77. The molecular weight excluding hydrogens is 240 g/mol. The Kier molecular flexibility index (Phi) is 5.54. The first-order valence-corrected chi connectivity index (χ1v) is 6.77. The van der Waals surface area contributed by atoms with Crippen LogP contribution < -0.4 is 11.1 Å². The SMILES string of the molecule is CC(Cn1ccnc1)NC(=O)CC(N)CC(C)(C)C. The van der Waals surface area contributed by atoms with Crippen molar-refractivity contribution >= 4 is 5.91 Å². The van der Waals surface area contributed by atoms with Gasteiger partial charge in [-0.25, -0.2) is 4.98 Å². The third kappa shape index (κ3) is 6.96. The zero-order valence-electron chi connectivity index (χ0n) is 12.4. The number of hydrogen-bond donors (Lipinski definition) is 2. The lowest BCUT2D eigenvalue weighted by molar-refractivity contribution is -0.122. The number of carbonyl (C=O) groups is 1. The molecule has 0 bridgehead atoms. The molecule has 1 amide bonds. The Hall–Kier alpha value is -1.36. The number of imidazole rings is 1. The molecule has 0 aliphatic rings. The van der Waals surface area contributed by atoms with E-state index in [1.807, 2.05) is 17.7 Å². The summed E-state index contributed by atoms with van der Waals surface area (Å²) in [6.45, 7) is 9.10. The number of nitrogens with zero attached hydrogens (tertiary/aromatic N) is 2. The van der Waals surface area contributed by atoms with Gasteiger partial charge in [0.25, 0.3) is 0 Å². The van der Waals surface area contributed by atoms with Gasteiger partial charge in [0.15, 0.2) is 0 Å². The molecule has 0 aliphatic heterocycles. The lowest BCUT2D eigenvalue weighted by Crippen LogP contribution is -2.39. The number of nitrogens with two attached hydrogens (primary N) is 1. The highest BCUT2D eigenvalue weighted by molar-refractivity contribution is 5.76. The predicted molar refractivity (Wildman–Crippen MR) is 76.5 cm³/mol. The molecule has 19 heavy (non-hydrogen) atoms. The van der Waals surface area contributed by atoms with Crippen molar-refractivity contribution in [2.24, 2.45) is 11.1 Å². The lowest BCUT2D eigenvalue weighted by atomic mass is 9.87. The summed E-state index contributed by atoms with van der Waals surface area (Å²) in [7, 11) is 0. The van der Waals surface area contributed by atoms with Crippen LogP contribution in [0.5, 0.6) is 0 Å². The number of aromatic nitrogens is 2. The molecule has 0 saturated heterocycles. The molecule has 108 valence electrons. The quantitative estimate of drug-likeness (QED) is 0.820. The van der Waals surface area contributed by atoms with Crippen LogP contribution in [0, 0.1) is 5.41 Å². The number of rotatable bonds is 6. The van der Waals surface area contributed by atoms with E-state index in [9.17, 15) is 4.79 Å². The van der Waals surface area contributed by atoms with E-state index in [0.717, 1.165) is 13.0 Å². The first-order valence-electron chi connectivity index (χ1n) is 6.77. The minimum absolute atomic E-state index is 0.0179. The van der Waals surface area contributed by atoms with Gasteiger partial charge < -0.3 is 15.6 Å². The van der Waals surface area contributed by atoms with Crippen LogP contribution in [0.15, 0.2) is 18.7 Å². The van der Waals surface area contributed by atoms with Crippen molar-refractivity contribution in [2.45, 2.75) is 59.2 Å². The summed E-state index contributed by atoms with van der Waals surface area (Å²) < 4.78 is 1.94. The second-order valence-electron chi connectivity index (χ2n) is 6.46. The van der Waals surface area contributed by atoms with E-state index in [4.69, 9.17) is 5.73 Å². The van der Waals surface area contributed by atoms with Crippen LogP contribution in [0.4, 0.5) is 0 Å². The molecule has 0 fully saturated rings.